The Morgan fingerprint density at radius 1 is 1.38 bits per heavy atom. The largest absolute Gasteiger partial charge is 0.492 e. The molecule has 1 atom stereocenters. The van der Waals surface area contributed by atoms with Gasteiger partial charge in [-0.05, 0) is 13.1 Å². The Labute approximate surface area is 142 Å². The Morgan fingerprint density at radius 2 is 2.12 bits per heavy atom. The minimum atomic E-state index is -0.531. The molecule has 2 aromatic heterocycles. The number of aliphatic hydroxyl groups excluding tert-OH is 1. The highest BCUT2D eigenvalue weighted by Crippen LogP contribution is 2.39. The molecule has 8 heteroatoms. The van der Waals surface area contributed by atoms with Crippen molar-refractivity contribution in [1.29, 1.82) is 0 Å². The van der Waals surface area contributed by atoms with E-state index >= 15 is 0 Å². The van der Waals surface area contributed by atoms with E-state index in [9.17, 15) is 14.6 Å². The predicted molar refractivity (Wildman–Crippen MR) is 89.9 cm³/mol. The lowest BCUT2D eigenvalue weighted by Crippen LogP contribution is -2.28. The van der Waals surface area contributed by atoms with Crippen molar-refractivity contribution >= 4 is 16.3 Å². The van der Waals surface area contributed by atoms with Gasteiger partial charge in [0.1, 0.15) is 5.82 Å². The van der Waals surface area contributed by atoms with E-state index in [4.69, 9.17) is 0 Å². The minimum Gasteiger partial charge on any atom is -0.492 e. The second kappa shape index (κ2) is 6.84. The number of aromatic hydroxyl groups is 1. The number of aryl methyl sites for hydroxylation is 1. The Kier molecular flexibility index (Phi) is 4.79. The molecule has 24 heavy (non-hydrogen) atoms. The maximum atomic E-state index is 14.4. The fourth-order valence-corrected chi connectivity index (χ4v) is 3.84. The monoisotopic (exact) mass is 350 g/mol. The van der Waals surface area contributed by atoms with E-state index < -0.39 is 6.04 Å². The molecule has 0 aliphatic rings. The first-order valence-corrected chi connectivity index (χ1v) is 8.51. The number of hydrogen-bond acceptors (Lipinski definition) is 6. The molecule has 1 unspecified atom stereocenters. The summed E-state index contributed by atoms with van der Waals surface area (Å²) in [5, 5.41) is 24.1. The van der Waals surface area contributed by atoms with Crippen molar-refractivity contribution in [2.45, 2.75) is 19.4 Å². The molecule has 0 aliphatic carbocycles. The number of thiazole rings is 1. The smallest absolute Gasteiger partial charge is 0.230 e. The van der Waals surface area contributed by atoms with Gasteiger partial charge in [0, 0.05) is 18.5 Å². The minimum absolute atomic E-state index is 0.0414. The molecule has 3 rings (SSSR count). The first kappa shape index (κ1) is 16.8. The van der Waals surface area contributed by atoms with Crippen LogP contribution in [-0.4, -0.2) is 49.9 Å². The molecule has 2 N–H and O–H groups in total. The first-order valence-electron chi connectivity index (χ1n) is 7.69. The highest BCUT2D eigenvalue weighted by molar-refractivity contribution is 7.17. The summed E-state index contributed by atoms with van der Waals surface area (Å²) in [6, 6.07) is 5.91. The Balaban J connectivity index is 2.13. The summed E-state index contributed by atoms with van der Waals surface area (Å²) in [6.45, 7) is 2.21. The predicted octanol–water partition coefficient (Wildman–Crippen LogP) is 2.21. The zero-order valence-corrected chi connectivity index (χ0v) is 14.3. The van der Waals surface area contributed by atoms with Crippen LogP contribution in [0.25, 0.3) is 4.96 Å². The molecule has 0 aliphatic heterocycles. The molecule has 3 aromatic rings. The third-order valence-electron chi connectivity index (χ3n) is 3.90. The second-order valence-electron chi connectivity index (χ2n) is 5.49. The number of hydrogen-bond donors (Lipinski definition) is 2. The van der Waals surface area contributed by atoms with Crippen LogP contribution in [0.2, 0.25) is 0 Å². The van der Waals surface area contributed by atoms with Crippen molar-refractivity contribution in [3.63, 3.8) is 0 Å². The molecule has 0 radical (unpaired) electrons. The van der Waals surface area contributed by atoms with E-state index in [1.54, 1.807) is 30.1 Å². The molecule has 0 saturated heterocycles. The van der Waals surface area contributed by atoms with E-state index in [2.05, 4.69) is 10.1 Å². The molecular weight excluding hydrogens is 331 g/mol. The van der Waals surface area contributed by atoms with Gasteiger partial charge in [0.25, 0.3) is 0 Å². The van der Waals surface area contributed by atoms with E-state index in [-0.39, 0.29) is 18.3 Å². The summed E-state index contributed by atoms with van der Waals surface area (Å²) < 4.78 is 15.7. The van der Waals surface area contributed by atoms with Crippen LogP contribution in [-0.2, 0) is 6.42 Å². The van der Waals surface area contributed by atoms with Gasteiger partial charge >= 0.3 is 0 Å². The molecule has 2 heterocycles. The van der Waals surface area contributed by atoms with Crippen LogP contribution >= 0.6 is 11.3 Å². The molecule has 0 bridgehead atoms. The van der Waals surface area contributed by atoms with Crippen molar-refractivity contribution in [3.8, 4) is 5.88 Å². The van der Waals surface area contributed by atoms with Gasteiger partial charge in [-0.1, -0.05) is 36.5 Å². The van der Waals surface area contributed by atoms with Crippen molar-refractivity contribution in [1.82, 2.24) is 19.5 Å². The molecule has 128 valence electrons. The first-order chi connectivity index (χ1) is 11.6. The average molecular weight is 350 g/mol. The molecular formula is C16H19FN4O2S. The van der Waals surface area contributed by atoms with Crippen LogP contribution in [0.1, 0.15) is 29.2 Å². The summed E-state index contributed by atoms with van der Waals surface area (Å²) in [7, 11) is 1.78. The third kappa shape index (κ3) is 2.88. The van der Waals surface area contributed by atoms with Crippen molar-refractivity contribution in [2.75, 3.05) is 20.2 Å². The highest BCUT2D eigenvalue weighted by Gasteiger charge is 2.29. The van der Waals surface area contributed by atoms with Gasteiger partial charge in [0.05, 0.1) is 17.5 Å². The van der Waals surface area contributed by atoms with E-state index in [1.807, 2.05) is 6.92 Å². The number of nitrogens with zero attached hydrogens (tertiary/aromatic N) is 4. The van der Waals surface area contributed by atoms with Crippen molar-refractivity contribution < 1.29 is 14.6 Å². The lowest BCUT2D eigenvalue weighted by atomic mass is 10.0. The van der Waals surface area contributed by atoms with E-state index in [0.717, 1.165) is 0 Å². The third-order valence-corrected chi connectivity index (χ3v) is 4.97. The summed E-state index contributed by atoms with van der Waals surface area (Å²) >= 11 is 1.28. The van der Waals surface area contributed by atoms with Gasteiger partial charge < -0.3 is 10.2 Å². The van der Waals surface area contributed by atoms with Crippen LogP contribution in [0.4, 0.5) is 4.39 Å². The number of halogens is 1. The van der Waals surface area contributed by atoms with Gasteiger partial charge in [0.15, 0.2) is 5.82 Å². The maximum Gasteiger partial charge on any atom is 0.230 e. The van der Waals surface area contributed by atoms with Crippen LogP contribution in [0.15, 0.2) is 24.3 Å². The lowest BCUT2D eigenvalue weighted by molar-refractivity contribution is 0.194. The highest BCUT2D eigenvalue weighted by atomic mass is 32.1. The molecule has 1 aromatic carbocycles. The van der Waals surface area contributed by atoms with Crippen LogP contribution in [0.3, 0.4) is 0 Å². The summed E-state index contributed by atoms with van der Waals surface area (Å²) in [4.78, 5) is 7.28. The zero-order chi connectivity index (χ0) is 17.3. The maximum absolute atomic E-state index is 14.4. The standard InChI is InChI=1S/C16H19FN4O2S/c1-3-12-18-16-21(19-12)15(23)14(24-16)13(20(2)8-9-22)10-6-4-5-7-11(10)17/h4-7,13,22-23H,3,8-9H2,1-2H3. The molecule has 0 fully saturated rings. The van der Waals surface area contributed by atoms with Gasteiger partial charge in [-0.25, -0.2) is 9.37 Å². The van der Waals surface area contributed by atoms with E-state index in [0.29, 0.717) is 34.2 Å². The van der Waals surface area contributed by atoms with Gasteiger partial charge in [-0.15, -0.1) is 5.10 Å². The van der Waals surface area contributed by atoms with Gasteiger partial charge in [-0.2, -0.15) is 4.52 Å². The van der Waals surface area contributed by atoms with Gasteiger partial charge in [-0.3, -0.25) is 4.90 Å². The SMILES string of the molecule is CCc1nc2sc(C(c3ccccc3F)N(C)CCO)c(O)n2n1. The summed E-state index contributed by atoms with van der Waals surface area (Å²) in [5.41, 5.74) is 0.434. The van der Waals surface area contributed by atoms with Crippen LogP contribution in [0, 0.1) is 5.82 Å². The Hall–Kier alpha value is -2.03. The number of fused-ring (bicyclic) bond motifs is 1. The summed E-state index contributed by atoms with van der Waals surface area (Å²) in [6.07, 6.45) is 0.671. The van der Waals surface area contributed by atoms with Crippen LogP contribution in [0.5, 0.6) is 5.88 Å². The molecule has 6 nitrogen and oxygen atoms in total. The normalized spacial score (nSPS) is 13.0. The zero-order valence-electron chi connectivity index (χ0n) is 13.5. The second-order valence-corrected chi connectivity index (χ2v) is 6.50. The molecule has 0 saturated carbocycles. The number of likely N-dealkylation sites (N-methyl/N-ethyl adjacent to an activating group) is 1. The van der Waals surface area contributed by atoms with Crippen molar-refractivity contribution in [2.24, 2.45) is 0 Å². The number of rotatable bonds is 6. The Morgan fingerprint density at radius 3 is 2.75 bits per heavy atom. The number of benzene rings is 1. The average Bonchev–Trinajstić information content (AvgIpc) is 3.10. The fourth-order valence-electron chi connectivity index (χ4n) is 2.68. The van der Waals surface area contributed by atoms with Crippen molar-refractivity contribution in [3.05, 3.63) is 46.3 Å². The Bertz CT molecular complexity index is 848. The topological polar surface area (TPSA) is 73.9 Å². The van der Waals surface area contributed by atoms with Gasteiger partial charge in [0.2, 0.25) is 10.8 Å². The molecule has 0 spiro atoms. The fraction of sp³-hybridized carbons (Fsp3) is 0.375. The number of aliphatic hydroxyl groups is 1. The van der Waals surface area contributed by atoms with Crippen LogP contribution < -0.4 is 0 Å². The van der Waals surface area contributed by atoms with E-state index in [1.165, 1.54) is 21.9 Å². The summed E-state index contributed by atoms with van der Waals surface area (Å²) in [5.74, 6) is 0.245. The number of aromatic nitrogens is 3. The quantitative estimate of drug-likeness (QED) is 0.713. The molecule has 0 amide bonds. The lowest BCUT2D eigenvalue weighted by Gasteiger charge is -2.27.